The third-order valence-corrected chi connectivity index (χ3v) is 5.18. The Balaban J connectivity index is 1.68. The van der Waals surface area contributed by atoms with Gasteiger partial charge in [-0.2, -0.15) is 0 Å². The SMILES string of the molecule is COc1ccc(Br)cc1C(=O)Nc1cc(-c2nc3cc(C)ccc3o2)ccc1C. The minimum atomic E-state index is -0.253. The van der Waals surface area contributed by atoms with Crippen molar-refractivity contribution in [3.8, 4) is 17.2 Å². The van der Waals surface area contributed by atoms with Gasteiger partial charge in [-0.3, -0.25) is 4.79 Å². The van der Waals surface area contributed by atoms with Gasteiger partial charge in [-0.05, 0) is 67.4 Å². The Kier molecular flexibility index (Phi) is 5.11. The molecule has 29 heavy (non-hydrogen) atoms. The lowest BCUT2D eigenvalue weighted by atomic mass is 10.1. The molecule has 0 atom stereocenters. The maximum absolute atomic E-state index is 12.9. The number of nitrogens with zero attached hydrogens (tertiary/aromatic N) is 1. The Morgan fingerprint density at radius 3 is 2.69 bits per heavy atom. The second-order valence-corrected chi connectivity index (χ2v) is 7.73. The van der Waals surface area contributed by atoms with Crippen molar-refractivity contribution in [3.63, 3.8) is 0 Å². The second kappa shape index (κ2) is 7.72. The number of aryl methyl sites for hydroxylation is 2. The Morgan fingerprint density at radius 1 is 1.07 bits per heavy atom. The fourth-order valence-corrected chi connectivity index (χ4v) is 3.46. The number of hydrogen-bond donors (Lipinski definition) is 1. The topological polar surface area (TPSA) is 64.4 Å². The van der Waals surface area contributed by atoms with Gasteiger partial charge in [0.1, 0.15) is 11.3 Å². The molecule has 0 saturated carbocycles. The predicted octanol–water partition coefficient (Wildman–Crippen LogP) is 6.14. The number of amides is 1. The normalized spacial score (nSPS) is 10.9. The highest BCUT2D eigenvalue weighted by Gasteiger charge is 2.16. The van der Waals surface area contributed by atoms with Crippen molar-refractivity contribution in [2.24, 2.45) is 0 Å². The van der Waals surface area contributed by atoms with E-state index in [0.717, 1.165) is 32.3 Å². The zero-order valence-corrected chi connectivity index (χ0v) is 17.8. The van der Waals surface area contributed by atoms with Gasteiger partial charge in [-0.1, -0.05) is 28.1 Å². The molecule has 4 rings (SSSR count). The number of benzene rings is 3. The lowest BCUT2D eigenvalue weighted by Gasteiger charge is -2.12. The highest BCUT2D eigenvalue weighted by atomic mass is 79.9. The second-order valence-electron chi connectivity index (χ2n) is 6.82. The van der Waals surface area contributed by atoms with Crippen LogP contribution in [-0.2, 0) is 0 Å². The molecular weight excluding hydrogens is 432 g/mol. The minimum Gasteiger partial charge on any atom is -0.496 e. The largest absolute Gasteiger partial charge is 0.496 e. The Labute approximate surface area is 176 Å². The fourth-order valence-electron chi connectivity index (χ4n) is 3.10. The van der Waals surface area contributed by atoms with Gasteiger partial charge in [-0.15, -0.1) is 0 Å². The molecule has 1 amide bonds. The molecule has 0 bridgehead atoms. The third kappa shape index (κ3) is 3.89. The molecule has 0 aliphatic heterocycles. The van der Waals surface area contributed by atoms with E-state index >= 15 is 0 Å². The fraction of sp³-hybridized carbons (Fsp3) is 0.130. The molecule has 146 valence electrons. The van der Waals surface area contributed by atoms with Gasteiger partial charge in [0.15, 0.2) is 5.58 Å². The molecule has 0 radical (unpaired) electrons. The number of rotatable bonds is 4. The van der Waals surface area contributed by atoms with Gasteiger partial charge < -0.3 is 14.5 Å². The number of carbonyl (C=O) groups is 1. The molecule has 1 N–H and O–H groups in total. The highest BCUT2D eigenvalue weighted by Crippen LogP contribution is 2.30. The maximum atomic E-state index is 12.9. The summed E-state index contributed by atoms with van der Waals surface area (Å²) in [7, 11) is 1.54. The number of halogens is 1. The molecule has 0 fully saturated rings. The number of methoxy groups -OCH3 is 1. The maximum Gasteiger partial charge on any atom is 0.259 e. The van der Waals surface area contributed by atoms with E-state index in [1.54, 1.807) is 19.2 Å². The molecule has 0 unspecified atom stereocenters. The highest BCUT2D eigenvalue weighted by molar-refractivity contribution is 9.10. The summed E-state index contributed by atoms with van der Waals surface area (Å²) in [5.41, 5.74) is 5.53. The van der Waals surface area contributed by atoms with E-state index < -0.39 is 0 Å². The van der Waals surface area contributed by atoms with Crippen molar-refractivity contribution in [2.45, 2.75) is 13.8 Å². The van der Waals surface area contributed by atoms with Crippen LogP contribution in [-0.4, -0.2) is 18.0 Å². The van der Waals surface area contributed by atoms with Crippen LogP contribution in [0.3, 0.4) is 0 Å². The number of oxazole rings is 1. The van der Waals surface area contributed by atoms with E-state index in [-0.39, 0.29) is 5.91 Å². The van der Waals surface area contributed by atoms with Crippen molar-refractivity contribution in [3.05, 3.63) is 75.8 Å². The minimum absolute atomic E-state index is 0.253. The van der Waals surface area contributed by atoms with E-state index in [4.69, 9.17) is 9.15 Å². The van der Waals surface area contributed by atoms with Crippen LogP contribution in [0.5, 0.6) is 5.75 Å². The lowest BCUT2D eigenvalue weighted by Crippen LogP contribution is -2.14. The molecule has 0 saturated heterocycles. The smallest absolute Gasteiger partial charge is 0.259 e. The van der Waals surface area contributed by atoms with Crippen LogP contribution in [0.15, 0.2) is 63.5 Å². The van der Waals surface area contributed by atoms with E-state index in [1.165, 1.54) is 0 Å². The van der Waals surface area contributed by atoms with Crippen LogP contribution in [0.4, 0.5) is 5.69 Å². The van der Waals surface area contributed by atoms with Crippen molar-refractivity contribution >= 4 is 38.6 Å². The third-order valence-electron chi connectivity index (χ3n) is 4.68. The number of hydrogen-bond acceptors (Lipinski definition) is 4. The number of carbonyl (C=O) groups excluding carboxylic acids is 1. The quantitative estimate of drug-likeness (QED) is 0.405. The molecule has 1 heterocycles. The first-order valence-corrected chi connectivity index (χ1v) is 9.87. The molecule has 3 aromatic carbocycles. The number of anilines is 1. The van der Waals surface area contributed by atoms with E-state index in [1.807, 2.05) is 56.3 Å². The summed E-state index contributed by atoms with van der Waals surface area (Å²) in [5, 5.41) is 2.97. The Morgan fingerprint density at radius 2 is 1.90 bits per heavy atom. The van der Waals surface area contributed by atoms with Crippen LogP contribution in [0.2, 0.25) is 0 Å². The summed E-state index contributed by atoms with van der Waals surface area (Å²) >= 11 is 3.40. The van der Waals surface area contributed by atoms with Crippen molar-refractivity contribution in [1.82, 2.24) is 4.98 Å². The molecule has 0 aliphatic rings. The van der Waals surface area contributed by atoms with Gasteiger partial charge in [0, 0.05) is 15.7 Å². The summed E-state index contributed by atoms with van der Waals surface area (Å²) in [5.74, 6) is 0.770. The number of nitrogens with one attached hydrogen (secondary N) is 1. The van der Waals surface area contributed by atoms with Crippen molar-refractivity contribution in [2.75, 3.05) is 12.4 Å². The van der Waals surface area contributed by atoms with E-state index in [2.05, 4.69) is 26.2 Å². The van der Waals surface area contributed by atoms with E-state index in [9.17, 15) is 4.79 Å². The van der Waals surface area contributed by atoms with Gasteiger partial charge in [0.05, 0.1) is 12.7 Å². The number of ether oxygens (including phenoxy) is 1. The molecular formula is C23H19BrN2O3. The lowest BCUT2D eigenvalue weighted by molar-refractivity contribution is 0.102. The van der Waals surface area contributed by atoms with E-state index in [0.29, 0.717) is 22.9 Å². The first kappa shape index (κ1) is 19.2. The van der Waals surface area contributed by atoms with Gasteiger partial charge in [0.2, 0.25) is 5.89 Å². The first-order valence-electron chi connectivity index (χ1n) is 9.08. The Bertz CT molecular complexity index is 1230. The average molecular weight is 451 g/mol. The van der Waals surface area contributed by atoms with Gasteiger partial charge in [0.25, 0.3) is 5.91 Å². The van der Waals surface area contributed by atoms with Crippen LogP contribution in [0.25, 0.3) is 22.6 Å². The van der Waals surface area contributed by atoms with Crippen LogP contribution >= 0.6 is 15.9 Å². The average Bonchev–Trinajstić information content (AvgIpc) is 3.12. The molecule has 1 aromatic heterocycles. The summed E-state index contributed by atoms with van der Waals surface area (Å²) in [6, 6.07) is 16.9. The predicted molar refractivity (Wildman–Crippen MR) is 118 cm³/mol. The molecule has 6 heteroatoms. The van der Waals surface area contributed by atoms with Crippen LogP contribution in [0.1, 0.15) is 21.5 Å². The van der Waals surface area contributed by atoms with Gasteiger partial charge >= 0.3 is 0 Å². The first-order chi connectivity index (χ1) is 13.9. The molecule has 0 aliphatic carbocycles. The van der Waals surface area contributed by atoms with Crippen LogP contribution < -0.4 is 10.1 Å². The monoisotopic (exact) mass is 450 g/mol. The number of fused-ring (bicyclic) bond motifs is 1. The van der Waals surface area contributed by atoms with Crippen molar-refractivity contribution in [1.29, 1.82) is 0 Å². The summed E-state index contributed by atoms with van der Waals surface area (Å²) in [4.78, 5) is 17.5. The zero-order valence-electron chi connectivity index (χ0n) is 16.2. The molecule has 4 aromatic rings. The Hall–Kier alpha value is -3.12. The van der Waals surface area contributed by atoms with Crippen LogP contribution in [0, 0.1) is 13.8 Å². The zero-order chi connectivity index (χ0) is 20.5. The van der Waals surface area contributed by atoms with Crippen molar-refractivity contribution < 1.29 is 13.9 Å². The van der Waals surface area contributed by atoms with Gasteiger partial charge in [-0.25, -0.2) is 4.98 Å². The molecule has 5 nitrogen and oxygen atoms in total. The molecule has 0 spiro atoms. The number of aromatic nitrogens is 1. The summed E-state index contributed by atoms with van der Waals surface area (Å²) in [6.45, 7) is 3.95. The summed E-state index contributed by atoms with van der Waals surface area (Å²) in [6.07, 6.45) is 0. The standard InChI is InChI=1S/C23H19BrN2O3/c1-13-4-8-21-19(10-13)26-23(29-21)15-6-5-14(2)18(11-15)25-22(27)17-12-16(24)7-9-20(17)28-3/h4-12H,1-3H3,(H,25,27). The summed E-state index contributed by atoms with van der Waals surface area (Å²) < 4.78 is 12.0.